The Labute approximate surface area is 166 Å². The molecule has 6 nitrogen and oxygen atoms in total. The zero-order valence-corrected chi connectivity index (χ0v) is 16.9. The Kier molecular flexibility index (Phi) is 6.49. The van der Waals surface area contributed by atoms with Crippen molar-refractivity contribution in [3.8, 4) is 0 Å². The smallest absolute Gasteiger partial charge is 0.314 e. The highest BCUT2D eigenvalue weighted by molar-refractivity contribution is 6.39. The molecule has 1 aliphatic carbocycles. The molecule has 1 aromatic carbocycles. The predicted octanol–water partition coefficient (Wildman–Crippen LogP) is 4.01. The molecule has 1 heterocycles. The summed E-state index contributed by atoms with van der Waals surface area (Å²) in [6, 6.07) is 10.0. The number of anilines is 1. The van der Waals surface area contributed by atoms with Crippen molar-refractivity contribution in [3.05, 3.63) is 47.7 Å². The second-order valence-corrected chi connectivity index (χ2v) is 7.84. The van der Waals surface area contributed by atoms with E-state index in [4.69, 9.17) is 0 Å². The molecular weight excluding hydrogens is 352 g/mol. The van der Waals surface area contributed by atoms with Crippen molar-refractivity contribution in [3.63, 3.8) is 0 Å². The average molecular weight is 383 g/mol. The van der Waals surface area contributed by atoms with Gasteiger partial charge < -0.3 is 10.6 Å². The molecule has 0 radical (unpaired) electrons. The molecule has 0 bridgehead atoms. The lowest BCUT2D eigenvalue weighted by Gasteiger charge is -2.23. The third-order valence-corrected chi connectivity index (χ3v) is 5.49. The van der Waals surface area contributed by atoms with E-state index in [0.717, 1.165) is 24.8 Å². The van der Waals surface area contributed by atoms with Gasteiger partial charge >= 0.3 is 11.8 Å². The van der Waals surface area contributed by atoms with Crippen LogP contribution in [0.2, 0.25) is 0 Å². The van der Waals surface area contributed by atoms with Crippen LogP contribution in [-0.4, -0.2) is 21.6 Å². The highest BCUT2D eigenvalue weighted by atomic mass is 16.2. The lowest BCUT2D eigenvalue weighted by atomic mass is 9.95. The van der Waals surface area contributed by atoms with Crippen LogP contribution in [0.15, 0.2) is 36.5 Å². The van der Waals surface area contributed by atoms with Gasteiger partial charge in [-0.2, -0.15) is 5.10 Å². The Morgan fingerprint density at radius 2 is 1.79 bits per heavy atom. The number of nitrogens with one attached hydrogen (secondary N) is 2. The standard InChI is InChI=1S/C22H30N4O2/c1-4-16-9-11-17(12-10-16)20(15(2)3)25-22(28)21(27)24-19-13-14-23-26(19)18-7-5-6-8-18/h9-15,18,20H,4-8H2,1-3H3,(H,24,27)(H,25,28)/t20-/m1/s1. The maximum absolute atomic E-state index is 12.6. The first-order valence-corrected chi connectivity index (χ1v) is 10.2. The largest absolute Gasteiger partial charge is 0.341 e. The third kappa shape index (κ3) is 4.61. The number of nitrogens with zero attached hydrogens (tertiary/aromatic N) is 2. The molecule has 0 spiro atoms. The summed E-state index contributed by atoms with van der Waals surface area (Å²) in [4.78, 5) is 25.1. The van der Waals surface area contributed by atoms with Crippen molar-refractivity contribution >= 4 is 17.6 Å². The highest BCUT2D eigenvalue weighted by Gasteiger charge is 2.25. The minimum Gasteiger partial charge on any atom is -0.341 e. The molecule has 3 rings (SSSR count). The summed E-state index contributed by atoms with van der Waals surface area (Å²) in [6.07, 6.45) is 7.09. The van der Waals surface area contributed by atoms with Crippen molar-refractivity contribution in [2.75, 3.05) is 5.32 Å². The summed E-state index contributed by atoms with van der Waals surface area (Å²) < 4.78 is 1.83. The average Bonchev–Trinajstić information content (AvgIpc) is 3.37. The maximum atomic E-state index is 12.6. The predicted molar refractivity (Wildman–Crippen MR) is 110 cm³/mol. The Bertz CT molecular complexity index is 804. The van der Waals surface area contributed by atoms with Crippen LogP contribution >= 0.6 is 0 Å². The molecule has 1 saturated carbocycles. The van der Waals surface area contributed by atoms with Gasteiger partial charge in [0.1, 0.15) is 5.82 Å². The Morgan fingerprint density at radius 3 is 2.39 bits per heavy atom. The molecule has 1 aliphatic rings. The van der Waals surface area contributed by atoms with Gasteiger partial charge in [-0.05, 0) is 36.3 Å². The van der Waals surface area contributed by atoms with Gasteiger partial charge in [0.2, 0.25) is 0 Å². The SMILES string of the molecule is CCc1ccc([C@H](NC(=O)C(=O)Nc2ccnn2C2CCCC2)C(C)C)cc1. The molecule has 2 amide bonds. The van der Waals surface area contributed by atoms with Crippen LogP contribution in [0.1, 0.15) is 69.7 Å². The summed E-state index contributed by atoms with van der Waals surface area (Å²) >= 11 is 0. The first-order valence-electron chi connectivity index (χ1n) is 10.2. The monoisotopic (exact) mass is 382 g/mol. The van der Waals surface area contributed by atoms with Gasteiger partial charge in [-0.3, -0.25) is 9.59 Å². The van der Waals surface area contributed by atoms with E-state index in [1.807, 2.05) is 30.7 Å². The molecule has 0 aliphatic heterocycles. The van der Waals surface area contributed by atoms with Crippen LogP contribution in [0.4, 0.5) is 5.82 Å². The van der Waals surface area contributed by atoms with E-state index in [1.165, 1.54) is 18.4 Å². The molecular formula is C22H30N4O2. The number of hydrogen-bond acceptors (Lipinski definition) is 3. The van der Waals surface area contributed by atoms with Crippen LogP contribution in [0.25, 0.3) is 0 Å². The van der Waals surface area contributed by atoms with Crippen molar-refractivity contribution < 1.29 is 9.59 Å². The number of amides is 2. The molecule has 1 atom stereocenters. The highest BCUT2D eigenvalue weighted by Crippen LogP contribution is 2.31. The fraction of sp³-hybridized carbons (Fsp3) is 0.500. The van der Waals surface area contributed by atoms with Crippen molar-refractivity contribution in [2.24, 2.45) is 5.92 Å². The maximum Gasteiger partial charge on any atom is 0.314 e. The Morgan fingerprint density at radius 1 is 1.11 bits per heavy atom. The molecule has 6 heteroatoms. The molecule has 1 fully saturated rings. The van der Waals surface area contributed by atoms with Gasteiger partial charge in [-0.1, -0.05) is 57.9 Å². The molecule has 2 N–H and O–H groups in total. The second kappa shape index (κ2) is 9.04. The van der Waals surface area contributed by atoms with E-state index in [2.05, 4.69) is 34.8 Å². The lowest BCUT2D eigenvalue weighted by Crippen LogP contribution is -2.40. The minimum atomic E-state index is -0.657. The lowest BCUT2D eigenvalue weighted by molar-refractivity contribution is -0.136. The van der Waals surface area contributed by atoms with Gasteiger partial charge in [0.25, 0.3) is 0 Å². The van der Waals surface area contributed by atoms with Gasteiger partial charge in [-0.15, -0.1) is 0 Å². The van der Waals surface area contributed by atoms with Crippen LogP contribution in [0.5, 0.6) is 0 Å². The summed E-state index contributed by atoms with van der Waals surface area (Å²) in [5.74, 6) is -0.540. The summed E-state index contributed by atoms with van der Waals surface area (Å²) in [5, 5.41) is 9.96. The molecule has 0 saturated heterocycles. The zero-order valence-electron chi connectivity index (χ0n) is 16.9. The summed E-state index contributed by atoms with van der Waals surface area (Å²) in [6.45, 7) is 6.18. The van der Waals surface area contributed by atoms with E-state index in [1.54, 1.807) is 12.3 Å². The number of aryl methyl sites for hydroxylation is 1. The molecule has 150 valence electrons. The van der Waals surface area contributed by atoms with Gasteiger partial charge in [0, 0.05) is 6.07 Å². The van der Waals surface area contributed by atoms with Crippen molar-refractivity contribution in [1.29, 1.82) is 0 Å². The van der Waals surface area contributed by atoms with E-state index in [9.17, 15) is 9.59 Å². The Hall–Kier alpha value is -2.63. The van der Waals surface area contributed by atoms with Crippen molar-refractivity contribution in [1.82, 2.24) is 15.1 Å². The van der Waals surface area contributed by atoms with E-state index in [-0.39, 0.29) is 12.0 Å². The van der Waals surface area contributed by atoms with Crippen molar-refractivity contribution in [2.45, 2.75) is 65.0 Å². The second-order valence-electron chi connectivity index (χ2n) is 7.84. The fourth-order valence-electron chi connectivity index (χ4n) is 3.83. The topological polar surface area (TPSA) is 76.0 Å². The first kappa shape index (κ1) is 20.1. The minimum absolute atomic E-state index is 0.160. The van der Waals surface area contributed by atoms with Crippen LogP contribution in [0, 0.1) is 5.92 Å². The first-order chi connectivity index (χ1) is 13.5. The van der Waals surface area contributed by atoms with Gasteiger partial charge in [0.15, 0.2) is 0 Å². The number of carbonyl (C=O) groups is 2. The van der Waals surface area contributed by atoms with E-state index < -0.39 is 11.8 Å². The molecule has 0 unspecified atom stereocenters. The normalized spacial score (nSPS) is 15.6. The summed E-state index contributed by atoms with van der Waals surface area (Å²) in [5.41, 5.74) is 2.25. The molecule has 1 aromatic heterocycles. The van der Waals surface area contributed by atoms with Gasteiger partial charge in [-0.25, -0.2) is 4.68 Å². The third-order valence-electron chi connectivity index (χ3n) is 5.49. The quantitative estimate of drug-likeness (QED) is 0.741. The molecule has 28 heavy (non-hydrogen) atoms. The number of carbonyl (C=O) groups excluding carboxylic acids is 2. The van der Waals surface area contributed by atoms with Crippen LogP contribution in [-0.2, 0) is 16.0 Å². The number of hydrogen-bond donors (Lipinski definition) is 2. The number of rotatable bonds is 6. The van der Waals surface area contributed by atoms with Gasteiger partial charge in [0.05, 0.1) is 18.3 Å². The molecule has 2 aromatic rings. The number of aromatic nitrogens is 2. The zero-order chi connectivity index (χ0) is 20.1. The van der Waals surface area contributed by atoms with Crippen LogP contribution in [0.3, 0.4) is 0 Å². The van der Waals surface area contributed by atoms with Crippen LogP contribution < -0.4 is 10.6 Å². The number of benzene rings is 1. The summed E-state index contributed by atoms with van der Waals surface area (Å²) in [7, 11) is 0. The Balaban J connectivity index is 1.66. The van der Waals surface area contributed by atoms with E-state index >= 15 is 0 Å². The fourth-order valence-corrected chi connectivity index (χ4v) is 3.83. The van der Waals surface area contributed by atoms with E-state index in [0.29, 0.717) is 11.9 Å².